The van der Waals surface area contributed by atoms with Gasteiger partial charge in [0.2, 0.25) is 59.1 Å². The lowest BCUT2D eigenvalue weighted by Crippen LogP contribution is -2.62. The van der Waals surface area contributed by atoms with Crippen LogP contribution in [-0.2, 0) is 60.8 Å². The first-order valence-corrected chi connectivity index (χ1v) is 29.2. The smallest absolute Gasteiger partial charge is 0.246 e. The first kappa shape index (κ1) is 64.9. The summed E-state index contributed by atoms with van der Waals surface area (Å²) < 4.78 is 0. The minimum absolute atomic E-state index is 0.0297. The summed E-state index contributed by atoms with van der Waals surface area (Å²) in [6.07, 6.45) is 2.59. The van der Waals surface area contributed by atoms with Crippen LogP contribution in [-0.4, -0.2) is 155 Å². The number of nitrogens with two attached hydrogens (primary N) is 2. The molecule has 81 heavy (non-hydrogen) atoms. The summed E-state index contributed by atoms with van der Waals surface area (Å²) in [6.45, 7) is 13.3. The maximum atomic E-state index is 14.9. The van der Waals surface area contributed by atoms with E-state index in [9.17, 15) is 47.9 Å². The molecule has 0 radical (unpaired) electrons. The average Bonchev–Trinajstić information content (AvgIpc) is 4.22. The summed E-state index contributed by atoms with van der Waals surface area (Å²) in [5, 5.41) is 22.7. The fraction of sp³-hybridized carbons (Fsp3) is 0.627. The zero-order valence-corrected chi connectivity index (χ0v) is 48.4. The van der Waals surface area contributed by atoms with Crippen LogP contribution < -0.4 is 54.0 Å². The molecule has 2 aromatic rings. The van der Waals surface area contributed by atoms with Gasteiger partial charge in [0, 0.05) is 25.9 Å². The van der Waals surface area contributed by atoms with Crippen molar-refractivity contribution in [1.29, 1.82) is 0 Å². The Bertz CT molecular complexity index is 2460. The van der Waals surface area contributed by atoms with Crippen molar-refractivity contribution >= 4 is 59.1 Å². The van der Waals surface area contributed by atoms with E-state index in [2.05, 4.69) is 42.5 Å². The van der Waals surface area contributed by atoms with E-state index in [0.29, 0.717) is 36.8 Å². The van der Waals surface area contributed by atoms with Crippen LogP contribution in [0.4, 0.5) is 0 Å². The van der Waals surface area contributed by atoms with Gasteiger partial charge in [0.25, 0.3) is 0 Å². The molecule has 446 valence electrons. The first-order chi connectivity index (χ1) is 38.6. The number of fused-ring (bicyclic) bond motifs is 2. The largest absolute Gasteiger partial charge is 0.343 e. The highest BCUT2D eigenvalue weighted by atomic mass is 16.2. The van der Waals surface area contributed by atoms with Crippen LogP contribution in [0.1, 0.15) is 130 Å². The monoisotopic (exact) mass is 1130 g/mol. The van der Waals surface area contributed by atoms with Gasteiger partial charge in [-0.1, -0.05) is 109 Å². The van der Waals surface area contributed by atoms with Crippen LogP contribution >= 0.6 is 0 Å². The molecule has 0 bridgehead atoms. The standard InChI is InChI=1S/C59H90N12O10/c1-8-40-50(72)63-41(23-15-27-60)51(73)65-43(31-35(2)3)53(75)68-46(34-39-21-13-10-14-22-39)59(81)71-30-18-26-48(71)56(78)69-49(37(6)7)57(79)64-42(24-16-28-61)52(74)66-44(32-36(4)5)54(76)67-45(33-38-19-11-9-12-20-38)58(80)70-29-17-25-47(70)55(77)62-40/h9-14,19-22,35-37,40-49H,8,15-18,23-34,60-61H2,1-7H3,(H,62,77)(H,63,72)(H,64,79)(H,65,73)(H,66,74)(H,67,76)(H,68,75)(H,69,78). The van der Waals surface area contributed by atoms with Gasteiger partial charge in [0.15, 0.2) is 0 Å². The number of nitrogens with zero attached hydrogens (tertiary/aromatic N) is 2. The Morgan fingerprint density at radius 3 is 1.17 bits per heavy atom. The van der Waals surface area contributed by atoms with E-state index in [1.807, 2.05) is 39.8 Å². The number of nitrogens with one attached hydrogen (secondary N) is 8. The quantitative estimate of drug-likeness (QED) is 0.113. The number of rotatable bonds is 16. The molecule has 0 aromatic heterocycles. The van der Waals surface area contributed by atoms with Crippen LogP contribution in [0.25, 0.3) is 0 Å². The van der Waals surface area contributed by atoms with Gasteiger partial charge in [-0.3, -0.25) is 47.9 Å². The minimum atomic E-state index is -1.21. The van der Waals surface area contributed by atoms with Crippen LogP contribution in [0.3, 0.4) is 0 Å². The second-order valence-corrected chi connectivity index (χ2v) is 22.9. The molecule has 10 unspecified atom stereocenters. The SMILES string of the molecule is CCC1NC(=O)C2CCCN2C(=O)C(Cc2ccccc2)NC(=O)C(CC(C)C)NC(=O)C(CCCN)NC(=O)C(C(C)C)NC(=O)C2CCCN2C(=O)C(Cc2ccccc2)NC(=O)C(CC(C)C)NC(=O)C(CCCN)NC1=O. The number of hydrogen-bond acceptors (Lipinski definition) is 12. The first-order valence-electron chi connectivity index (χ1n) is 29.2. The molecule has 10 atom stereocenters. The Hall–Kier alpha value is -6.94. The average molecular weight is 1130 g/mol. The van der Waals surface area contributed by atoms with Crippen LogP contribution in [0.15, 0.2) is 60.7 Å². The Balaban J connectivity index is 1.57. The van der Waals surface area contributed by atoms with Gasteiger partial charge in [-0.15, -0.1) is 0 Å². The molecular formula is C59H90N12O10. The molecule has 3 fully saturated rings. The van der Waals surface area contributed by atoms with Crippen molar-refractivity contribution in [2.45, 2.75) is 192 Å². The number of amides is 10. The van der Waals surface area contributed by atoms with E-state index >= 15 is 0 Å². The molecule has 12 N–H and O–H groups in total. The number of carbonyl (C=O) groups is 10. The van der Waals surface area contributed by atoms with Crippen molar-refractivity contribution < 1.29 is 47.9 Å². The highest BCUT2D eigenvalue weighted by Gasteiger charge is 2.43. The second-order valence-electron chi connectivity index (χ2n) is 22.9. The van der Waals surface area contributed by atoms with Crippen LogP contribution in [0.2, 0.25) is 0 Å². The van der Waals surface area contributed by atoms with Crippen LogP contribution in [0, 0.1) is 17.8 Å². The molecule has 0 spiro atoms. The van der Waals surface area contributed by atoms with Gasteiger partial charge in [-0.05, 0) is 113 Å². The zero-order valence-electron chi connectivity index (χ0n) is 48.4. The minimum Gasteiger partial charge on any atom is -0.343 e. The highest BCUT2D eigenvalue weighted by molar-refractivity contribution is 6.00. The third-order valence-corrected chi connectivity index (χ3v) is 15.1. The van der Waals surface area contributed by atoms with Crippen molar-refractivity contribution in [2.75, 3.05) is 26.2 Å². The maximum absolute atomic E-state index is 14.9. The number of benzene rings is 2. The van der Waals surface area contributed by atoms with Gasteiger partial charge in [-0.2, -0.15) is 0 Å². The van der Waals surface area contributed by atoms with E-state index in [4.69, 9.17) is 11.5 Å². The van der Waals surface area contributed by atoms with Gasteiger partial charge in [0.1, 0.15) is 60.4 Å². The Kier molecular flexibility index (Phi) is 25.5. The lowest BCUT2D eigenvalue weighted by molar-refractivity contribution is -0.143. The molecule has 2 aromatic carbocycles. The highest BCUT2D eigenvalue weighted by Crippen LogP contribution is 2.23. The van der Waals surface area contributed by atoms with Gasteiger partial charge in [-0.25, -0.2) is 0 Å². The van der Waals surface area contributed by atoms with E-state index < -0.39 is 125 Å². The summed E-state index contributed by atoms with van der Waals surface area (Å²) in [7, 11) is 0. The fourth-order valence-electron chi connectivity index (χ4n) is 10.7. The van der Waals surface area contributed by atoms with Crippen molar-refractivity contribution in [3.8, 4) is 0 Å². The topological polar surface area (TPSA) is 325 Å². The predicted molar refractivity (Wildman–Crippen MR) is 306 cm³/mol. The normalized spacial score (nSPS) is 26.7. The fourth-order valence-corrected chi connectivity index (χ4v) is 10.7. The molecule has 3 heterocycles. The molecule has 3 aliphatic rings. The van der Waals surface area contributed by atoms with E-state index in [0.717, 1.165) is 0 Å². The second kappa shape index (κ2) is 31.9. The summed E-state index contributed by atoms with van der Waals surface area (Å²) in [5.41, 5.74) is 13.2. The Labute approximate surface area is 477 Å². The van der Waals surface area contributed by atoms with Crippen LogP contribution in [0.5, 0.6) is 0 Å². The molecule has 0 saturated carbocycles. The molecule has 3 saturated heterocycles. The third kappa shape index (κ3) is 19.1. The molecule has 0 aliphatic carbocycles. The predicted octanol–water partition coefficient (Wildman–Crippen LogP) is 0.982. The molecule has 10 amide bonds. The van der Waals surface area contributed by atoms with E-state index in [-0.39, 0.29) is 95.8 Å². The van der Waals surface area contributed by atoms with Gasteiger partial charge >= 0.3 is 0 Å². The molecule has 22 heteroatoms. The molecule has 5 rings (SSSR count). The van der Waals surface area contributed by atoms with Gasteiger partial charge in [0.05, 0.1) is 0 Å². The lowest BCUT2D eigenvalue weighted by atomic mass is 9.99. The van der Waals surface area contributed by atoms with Crippen molar-refractivity contribution in [2.24, 2.45) is 29.2 Å². The number of hydrogen-bond donors (Lipinski definition) is 10. The summed E-state index contributed by atoms with van der Waals surface area (Å²) in [5.74, 6) is -7.22. The zero-order chi connectivity index (χ0) is 59.3. The third-order valence-electron chi connectivity index (χ3n) is 15.1. The van der Waals surface area contributed by atoms with Gasteiger partial charge < -0.3 is 63.8 Å². The van der Waals surface area contributed by atoms with Crippen molar-refractivity contribution in [3.63, 3.8) is 0 Å². The summed E-state index contributed by atoms with van der Waals surface area (Å²) in [4.78, 5) is 148. The molecular weight excluding hydrogens is 1040 g/mol. The summed E-state index contributed by atoms with van der Waals surface area (Å²) in [6, 6.07) is 6.37. The number of carbonyl (C=O) groups excluding carboxylic acids is 10. The van der Waals surface area contributed by atoms with E-state index in [1.54, 1.807) is 69.3 Å². The lowest BCUT2D eigenvalue weighted by Gasteiger charge is -2.32. The Morgan fingerprint density at radius 2 is 0.790 bits per heavy atom. The molecule has 3 aliphatic heterocycles. The molecule has 22 nitrogen and oxygen atoms in total. The van der Waals surface area contributed by atoms with E-state index in [1.165, 1.54) is 9.80 Å². The maximum Gasteiger partial charge on any atom is 0.246 e. The van der Waals surface area contributed by atoms with Crippen molar-refractivity contribution in [3.05, 3.63) is 71.8 Å². The summed E-state index contributed by atoms with van der Waals surface area (Å²) >= 11 is 0. The Morgan fingerprint density at radius 1 is 0.444 bits per heavy atom. The van der Waals surface area contributed by atoms with Crippen molar-refractivity contribution in [1.82, 2.24) is 52.3 Å².